The molecule has 1 fully saturated rings. The second-order valence-electron chi connectivity index (χ2n) is 7.19. The second kappa shape index (κ2) is 7.87. The summed E-state index contributed by atoms with van der Waals surface area (Å²) in [5.41, 5.74) is 1.38. The number of piperidine rings is 1. The lowest BCUT2D eigenvalue weighted by molar-refractivity contribution is -0.136. The first-order chi connectivity index (χ1) is 14.3. The van der Waals surface area contributed by atoms with Crippen LogP contribution in [-0.2, 0) is 22.7 Å². The minimum Gasteiger partial charge on any atom is -0.348 e. The predicted octanol–water partition coefficient (Wildman–Crippen LogP) is 2.17. The van der Waals surface area contributed by atoms with Crippen molar-refractivity contribution >= 4 is 35.2 Å². The zero-order valence-corrected chi connectivity index (χ0v) is 16.5. The summed E-state index contributed by atoms with van der Waals surface area (Å²) in [5, 5.41) is 5.37. The Bertz CT molecular complexity index is 1070. The third-order valence-electron chi connectivity index (χ3n) is 5.24. The van der Waals surface area contributed by atoms with Crippen LogP contribution in [0.4, 0.5) is 4.39 Å². The molecule has 0 saturated carbocycles. The highest BCUT2D eigenvalue weighted by atomic mass is 35.5. The molecule has 30 heavy (non-hydrogen) atoms. The average Bonchev–Trinajstić information content (AvgIpc) is 3.02. The molecular weight excluding hydrogens is 413 g/mol. The molecule has 154 valence electrons. The third kappa shape index (κ3) is 3.78. The molecule has 4 rings (SSSR count). The summed E-state index contributed by atoms with van der Waals surface area (Å²) < 4.78 is 14.6. The van der Waals surface area contributed by atoms with Crippen molar-refractivity contribution in [2.24, 2.45) is 0 Å². The van der Waals surface area contributed by atoms with E-state index in [1.807, 2.05) is 0 Å². The number of nitrogens with one attached hydrogen (secondary N) is 2. The standard InChI is InChI=1S/C21H17ClFN3O4/c22-14-3-1-11(2-4-14)19(28)24-9-12-7-13-10-26(21(30)15(13)8-16(12)23)17-5-6-18(27)25-20(17)29/h1-4,7-8,17H,5-6,9-10H2,(H,24,28)(H,25,27,29). The fraction of sp³-hybridized carbons (Fsp3) is 0.238. The number of amides is 4. The largest absolute Gasteiger partial charge is 0.348 e. The van der Waals surface area contributed by atoms with Gasteiger partial charge in [-0.1, -0.05) is 11.6 Å². The molecule has 2 aliphatic heterocycles. The number of hydrogen-bond donors (Lipinski definition) is 2. The molecule has 2 aromatic rings. The van der Waals surface area contributed by atoms with Gasteiger partial charge in [-0.05, 0) is 48.4 Å². The van der Waals surface area contributed by atoms with Gasteiger partial charge in [0.25, 0.3) is 11.8 Å². The summed E-state index contributed by atoms with van der Waals surface area (Å²) in [4.78, 5) is 49.7. The van der Waals surface area contributed by atoms with E-state index in [1.165, 1.54) is 11.0 Å². The Hall–Kier alpha value is -3.26. The zero-order valence-electron chi connectivity index (χ0n) is 15.7. The van der Waals surface area contributed by atoms with Crippen LogP contribution in [0.1, 0.15) is 44.7 Å². The summed E-state index contributed by atoms with van der Waals surface area (Å²) >= 11 is 5.81. The molecule has 1 unspecified atom stereocenters. The van der Waals surface area contributed by atoms with Gasteiger partial charge in [0.05, 0.1) is 0 Å². The first kappa shape index (κ1) is 20.0. The summed E-state index contributed by atoms with van der Waals surface area (Å²) in [6.45, 7) is 0.0754. The number of carbonyl (C=O) groups is 4. The van der Waals surface area contributed by atoms with Gasteiger partial charge in [0.1, 0.15) is 11.9 Å². The van der Waals surface area contributed by atoms with Crippen molar-refractivity contribution in [1.82, 2.24) is 15.5 Å². The van der Waals surface area contributed by atoms with Crippen molar-refractivity contribution in [3.8, 4) is 0 Å². The van der Waals surface area contributed by atoms with Crippen LogP contribution in [0.25, 0.3) is 0 Å². The number of nitrogens with zero attached hydrogens (tertiary/aromatic N) is 1. The van der Waals surface area contributed by atoms with Crippen LogP contribution >= 0.6 is 11.6 Å². The molecule has 1 atom stereocenters. The number of imide groups is 1. The molecule has 0 aromatic heterocycles. The molecule has 0 radical (unpaired) electrons. The summed E-state index contributed by atoms with van der Waals surface area (Å²) in [6, 6.07) is 8.19. The van der Waals surface area contributed by atoms with E-state index in [0.717, 1.165) is 6.07 Å². The van der Waals surface area contributed by atoms with Crippen molar-refractivity contribution in [2.75, 3.05) is 0 Å². The highest BCUT2D eigenvalue weighted by molar-refractivity contribution is 6.30. The van der Waals surface area contributed by atoms with Gasteiger partial charge in [0.2, 0.25) is 11.8 Å². The highest BCUT2D eigenvalue weighted by Crippen LogP contribution is 2.29. The lowest BCUT2D eigenvalue weighted by Gasteiger charge is -2.29. The molecule has 0 aliphatic carbocycles. The van der Waals surface area contributed by atoms with Gasteiger partial charge in [-0.25, -0.2) is 4.39 Å². The van der Waals surface area contributed by atoms with E-state index in [4.69, 9.17) is 11.6 Å². The normalized spacial score (nSPS) is 18.3. The second-order valence-corrected chi connectivity index (χ2v) is 7.63. The van der Waals surface area contributed by atoms with Crippen LogP contribution < -0.4 is 10.6 Å². The zero-order chi connectivity index (χ0) is 21.4. The van der Waals surface area contributed by atoms with Crippen molar-refractivity contribution < 1.29 is 23.6 Å². The van der Waals surface area contributed by atoms with E-state index in [0.29, 0.717) is 16.1 Å². The van der Waals surface area contributed by atoms with E-state index in [2.05, 4.69) is 10.6 Å². The Kier molecular flexibility index (Phi) is 5.26. The van der Waals surface area contributed by atoms with Gasteiger partial charge in [-0.15, -0.1) is 0 Å². The van der Waals surface area contributed by atoms with E-state index in [-0.39, 0.29) is 48.9 Å². The Balaban J connectivity index is 1.48. The maximum atomic E-state index is 14.6. The molecule has 2 N–H and O–H groups in total. The van der Waals surface area contributed by atoms with Crippen molar-refractivity contribution in [3.05, 3.63) is 69.5 Å². The first-order valence-electron chi connectivity index (χ1n) is 9.33. The number of benzene rings is 2. The number of fused-ring (bicyclic) bond motifs is 1. The van der Waals surface area contributed by atoms with Crippen LogP contribution in [0.2, 0.25) is 5.02 Å². The lowest BCUT2D eigenvalue weighted by Crippen LogP contribution is -2.52. The molecule has 7 nitrogen and oxygen atoms in total. The Morgan fingerprint density at radius 2 is 1.93 bits per heavy atom. The van der Waals surface area contributed by atoms with Gasteiger partial charge in [0.15, 0.2) is 0 Å². The van der Waals surface area contributed by atoms with Crippen LogP contribution in [-0.4, -0.2) is 34.6 Å². The van der Waals surface area contributed by atoms with Crippen LogP contribution in [0.15, 0.2) is 36.4 Å². The minimum absolute atomic E-state index is 0.0623. The van der Waals surface area contributed by atoms with Gasteiger partial charge < -0.3 is 10.2 Å². The molecule has 4 amide bonds. The number of halogens is 2. The third-order valence-corrected chi connectivity index (χ3v) is 5.49. The van der Waals surface area contributed by atoms with Crippen molar-refractivity contribution in [2.45, 2.75) is 32.0 Å². The van der Waals surface area contributed by atoms with Crippen LogP contribution in [0.5, 0.6) is 0 Å². The van der Waals surface area contributed by atoms with Gasteiger partial charge in [-0.3, -0.25) is 24.5 Å². The quantitative estimate of drug-likeness (QED) is 0.728. The van der Waals surface area contributed by atoms with Gasteiger partial charge in [0, 0.05) is 41.2 Å². The fourth-order valence-electron chi connectivity index (χ4n) is 3.65. The van der Waals surface area contributed by atoms with Gasteiger partial charge in [-0.2, -0.15) is 0 Å². The minimum atomic E-state index is -0.765. The maximum Gasteiger partial charge on any atom is 0.255 e. The Morgan fingerprint density at radius 3 is 2.63 bits per heavy atom. The van der Waals surface area contributed by atoms with Crippen LogP contribution in [0, 0.1) is 5.82 Å². The monoisotopic (exact) mass is 429 g/mol. The molecule has 9 heteroatoms. The molecule has 0 spiro atoms. The van der Waals surface area contributed by atoms with Crippen molar-refractivity contribution in [3.63, 3.8) is 0 Å². The average molecular weight is 430 g/mol. The predicted molar refractivity (Wildman–Crippen MR) is 105 cm³/mol. The molecular formula is C21H17ClFN3O4. The fourth-order valence-corrected chi connectivity index (χ4v) is 3.78. The first-order valence-corrected chi connectivity index (χ1v) is 9.71. The number of hydrogen-bond acceptors (Lipinski definition) is 4. The summed E-state index contributed by atoms with van der Waals surface area (Å²) in [5.74, 6) is -2.35. The van der Waals surface area contributed by atoms with Crippen molar-refractivity contribution in [1.29, 1.82) is 0 Å². The summed E-state index contributed by atoms with van der Waals surface area (Å²) in [7, 11) is 0. The molecule has 2 heterocycles. The van der Waals surface area contributed by atoms with E-state index in [9.17, 15) is 23.6 Å². The maximum absolute atomic E-state index is 14.6. The Morgan fingerprint density at radius 1 is 1.20 bits per heavy atom. The van der Waals surface area contributed by atoms with Gasteiger partial charge >= 0.3 is 0 Å². The van der Waals surface area contributed by atoms with E-state index >= 15 is 0 Å². The van der Waals surface area contributed by atoms with E-state index in [1.54, 1.807) is 24.3 Å². The lowest BCUT2D eigenvalue weighted by atomic mass is 10.0. The smallest absolute Gasteiger partial charge is 0.255 e. The molecule has 1 saturated heterocycles. The van der Waals surface area contributed by atoms with E-state index < -0.39 is 23.7 Å². The number of carbonyl (C=O) groups excluding carboxylic acids is 4. The molecule has 0 bridgehead atoms. The molecule has 2 aromatic carbocycles. The SMILES string of the molecule is O=C1CCC(N2Cc3cc(CNC(=O)c4ccc(Cl)cc4)c(F)cc3C2=O)C(=O)N1. The Labute approximate surface area is 176 Å². The van der Waals surface area contributed by atoms with Crippen LogP contribution in [0.3, 0.4) is 0 Å². The topological polar surface area (TPSA) is 95.6 Å². The summed E-state index contributed by atoms with van der Waals surface area (Å²) in [6.07, 6.45) is 0.379. The highest BCUT2D eigenvalue weighted by Gasteiger charge is 2.39. The molecule has 2 aliphatic rings. The number of rotatable bonds is 4.